The summed E-state index contributed by atoms with van der Waals surface area (Å²) in [4.78, 5) is 4.69. The minimum Gasteiger partial charge on any atom is -0.489 e. The van der Waals surface area contributed by atoms with Crippen LogP contribution in [0.2, 0.25) is 0 Å². The Morgan fingerprint density at radius 2 is 1.97 bits per heavy atom. The lowest BCUT2D eigenvalue weighted by Gasteiger charge is -2.24. The molecule has 0 aliphatic heterocycles. The molecule has 2 aliphatic rings. The molecule has 2 aromatic rings. The van der Waals surface area contributed by atoms with Crippen molar-refractivity contribution >= 4 is 22.2 Å². The van der Waals surface area contributed by atoms with Crippen molar-refractivity contribution in [2.24, 2.45) is 11.6 Å². The molecule has 4 rings (SSSR count). The van der Waals surface area contributed by atoms with Gasteiger partial charge in [-0.1, -0.05) is 17.8 Å². The van der Waals surface area contributed by atoms with Crippen molar-refractivity contribution in [3.63, 3.8) is 0 Å². The van der Waals surface area contributed by atoms with Gasteiger partial charge in [-0.2, -0.15) is 0 Å². The number of nitrogens with one attached hydrogen (secondary N) is 1. The number of rotatable bonds is 8. The van der Waals surface area contributed by atoms with Crippen LogP contribution in [-0.4, -0.2) is 39.9 Å². The molecule has 162 valence electrons. The van der Waals surface area contributed by atoms with Gasteiger partial charge in [0.1, 0.15) is 10.8 Å². The van der Waals surface area contributed by atoms with Gasteiger partial charge >= 0.3 is 0 Å². The fourth-order valence-corrected chi connectivity index (χ4v) is 4.61. The van der Waals surface area contributed by atoms with E-state index in [-0.39, 0.29) is 0 Å². The van der Waals surface area contributed by atoms with Crippen molar-refractivity contribution in [1.82, 2.24) is 20.2 Å². The first kappa shape index (κ1) is 20.9. The molecule has 0 atom stereocenters. The fraction of sp³-hybridized carbons (Fsp3) is 0.571. The Morgan fingerprint density at radius 1 is 1.20 bits per heavy atom. The second-order valence-corrected chi connectivity index (χ2v) is 9.21. The fourth-order valence-electron chi connectivity index (χ4n) is 3.70. The average molecular weight is 430 g/mol. The van der Waals surface area contributed by atoms with Crippen molar-refractivity contribution in [3.8, 4) is 5.75 Å². The minimum atomic E-state index is 0.292. The number of likely N-dealkylation sites (N-methyl/N-ethyl adjacent to an activating group) is 1. The molecule has 9 heteroatoms. The third kappa shape index (κ3) is 5.02. The number of hydrogen-bond donors (Lipinski definition) is 3. The van der Waals surface area contributed by atoms with Gasteiger partial charge in [0.2, 0.25) is 5.13 Å². The van der Waals surface area contributed by atoms with E-state index >= 15 is 0 Å². The number of aromatic nitrogens is 3. The Hall–Kier alpha value is -2.39. The second-order valence-electron chi connectivity index (χ2n) is 8.20. The molecule has 2 fully saturated rings. The third-order valence-corrected chi connectivity index (χ3v) is 6.71. The summed E-state index contributed by atoms with van der Waals surface area (Å²) < 4.78 is 6.18. The van der Waals surface area contributed by atoms with E-state index in [9.17, 15) is 0 Å². The van der Waals surface area contributed by atoms with E-state index in [4.69, 9.17) is 16.3 Å². The number of ether oxygens (including phenoxy) is 1. The number of hydrogen-bond acceptors (Lipinski definition) is 9. The summed E-state index contributed by atoms with van der Waals surface area (Å²) in [6.45, 7) is 2.40. The van der Waals surface area contributed by atoms with E-state index in [0.717, 1.165) is 40.1 Å². The van der Waals surface area contributed by atoms with Crippen LogP contribution >= 0.6 is 11.3 Å². The van der Waals surface area contributed by atoms with Crippen molar-refractivity contribution < 1.29 is 4.74 Å². The lowest BCUT2D eigenvalue weighted by Crippen LogP contribution is -2.32. The zero-order valence-corrected chi connectivity index (χ0v) is 18.5. The Labute approximate surface area is 181 Å². The van der Waals surface area contributed by atoms with Gasteiger partial charge in [0, 0.05) is 13.0 Å². The van der Waals surface area contributed by atoms with Crippen LogP contribution in [0, 0.1) is 6.92 Å². The molecule has 2 aromatic heterocycles. The van der Waals surface area contributed by atoms with E-state index < -0.39 is 0 Å². The van der Waals surface area contributed by atoms with E-state index in [1.54, 1.807) is 18.4 Å². The first-order chi connectivity index (χ1) is 14.5. The molecule has 8 nitrogen and oxygen atoms in total. The number of anilines is 1. The van der Waals surface area contributed by atoms with E-state index in [0.29, 0.717) is 30.0 Å². The summed E-state index contributed by atoms with van der Waals surface area (Å²) in [5, 5.41) is 15.2. The molecule has 2 saturated carbocycles. The van der Waals surface area contributed by atoms with Crippen LogP contribution in [0.25, 0.3) is 5.70 Å². The van der Waals surface area contributed by atoms with Gasteiger partial charge < -0.3 is 20.8 Å². The Kier molecular flexibility index (Phi) is 6.38. The molecule has 0 saturated heterocycles. The highest BCUT2D eigenvalue weighted by Gasteiger charge is 2.27. The zero-order chi connectivity index (χ0) is 21.1. The summed E-state index contributed by atoms with van der Waals surface area (Å²) in [6.07, 6.45) is 8.73. The first-order valence-electron chi connectivity index (χ1n) is 10.7. The van der Waals surface area contributed by atoms with Gasteiger partial charge in [-0.15, -0.1) is 10.2 Å². The number of aryl methyl sites for hydroxylation is 1. The van der Waals surface area contributed by atoms with Crippen LogP contribution in [0.3, 0.4) is 0 Å². The van der Waals surface area contributed by atoms with Gasteiger partial charge in [0.05, 0.1) is 35.4 Å². The first-order valence-corrected chi connectivity index (χ1v) is 11.5. The second kappa shape index (κ2) is 9.18. The van der Waals surface area contributed by atoms with Crippen LogP contribution in [0.15, 0.2) is 17.8 Å². The molecule has 2 aliphatic carbocycles. The smallest absolute Gasteiger partial charge is 0.206 e. The van der Waals surface area contributed by atoms with Crippen molar-refractivity contribution in [1.29, 1.82) is 0 Å². The predicted octanol–water partition coefficient (Wildman–Crippen LogP) is 3.38. The summed E-state index contributed by atoms with van der Waals surface area (Å²) in [5.74, 6) is 7.49. The minimum absolute atomic E-state index is 0.292. The predicted molar refractivity (Wildman–Crippen MR) is 120 cm³/mol. The summed E-state index contributed by atoms with van der Waals surface area (Å²) in [7, 11) is 1.77. The van der Waals surface area contributed by atoms with Crippen LogP contribution < -0.4 is 21.6 Å². The quantitative estimate of drug-likeness (QED) is 0.432. The number of nitrogens with two attached hydrogens (primary N) is 2. The molecular weight excluding hydrogens is 398 g/mol. The number of hydrazine groups is 1. The molecule has 0 aromatic carbocycles. The van der Waals surface area contributed by atoms with E-state index in [1.165, 1.54) is 37.1 Å². The van der Waals surface area contributed by atoms with E-state index in [1.807, 2.05) is 19.1 Å². The molecule has 0 amide bonds. The highest BCUT2D eigenvalue weighted by atomic mass is 32.1. The zero-order valence-electron chi connectivity index (χ0n) is 17.7. The summed E-state index contributed by atoms with van der Waals surface area (Å²) in [6, 6.07) is 3.87. The SMILES string of the molecule is Cc1nc(/C(N)=C(\CNc2nnc(C3CC3)s2)N(C)N)ccc1OC1CCCCC1. The molecule has 5 N–H and O–H groups in total. The van der Waals surface area contributed by atoms with Gasteiger partial charge in [-0.05, 0) is 57.6 Å². The highest BCUT2D eigenvalue weighted by molar-refractivity contribution is 7.15. The number of nitrogens with zero attached hydrogens (tertiary/aromatic N) is 4. The molecule has 30 heavy (non-hydrogen) atoms. The largest absolute Gasteiger partial charge is 0.489 e. The molecule has 0 spiro atoms. The van der Waals surface area contributed by atoms with Crippen LogP contribution in [-0.2, 0) is 0 Å². The number of pyridine rings is 1. The van der Waals surface area contributed by atoms with Crippen molar-refractivity contribution in [2.75, 3.05) is 18.9 Å². The maximum Gasteiger partial charge on any atom is 0.206 e. The topological polar surface area (TPSA) is 115 Å². The Bertz CT molecular complexity index is 901. The normalized spacial score (nSPS) is 18.1. The summed E-state index contributed by atoms with van der Waals surface area (Å²) >= 11 is 1.60. The standard InChI is InChI=1S/C21H31N7OS/c1-13-18(29-15-6-4-3-5-7-15)11-10-16(25-13)19(22)17(28(2)23)12-24-21-27-26-20(30-21)14-8-9-14/h10-11,14-15H,3-9,12,22-23H2,1-2H3,(H,24,27)/b19-17-. The Balaban J connectivity index is 1.46. The van der Waals surface area contributed by atoms with Crippen molar-refractivity contribution in [3.05, 3.63) is 34.2 Å². The van der Waals surface area contributed by atoms with Crippen LogP contribution in [0.5, 0.6) is 5.75 Å². The lowest BCUT2D eigenvalue weighted by molar-refractivity contribution is 0.153. The lowest BCUT2D eigenvalue weighted by atomic mass is 9.98. The molecule has 0 radical (unpaired) electrons. The highest BCUT2D eigenvalue weighted by Crippen LogP contribution is 2.42. The van der Waals surface area contributed by atoms with Crippen LogP contribution in [0.4, 0.5) is 5.13 Å². The molecule has 0 bridgehead atoms. The maximum absolute atomic E-state index is 6.45. The van der Waals surface area contributed by atoms with Crippen LogP contribution in [0.1, 0.15) is 67.3 Å². The maximum atomic E-state index is 6.45. The molecule has 2 heterocycles. The Morgan fingerprint density at radius 3 is 2.63 bits per heavy atom. The monoisotopic (exact) mass is 429 g/mol. The van der Waals surface area contributed by atoms with Gasteiger partial charge in [-0.3, -0.25) is 0 Å². The van der Waals surface area contributed by atoms with Gasteiger partial charge in [0.25, 0.3) is 0 Å². The summed E-state index contributed by atoms with van der Waals surface area (Å²) in [5.41, 5.74) is 9.26. The van der Waals surface area contributed by atoms with Gasteiger partial charge in [0.15, 0.2) is 0 Å². The average Bonchev–Trinajstić information content (AvgIpc) is 3.48. The third-order valence-electron chi connectivity index (χ3n) is 5.67. The molecular formula is C21H31N7OS. The van der Waals surface area contributed by atoms with Gasteiger partial charge in [-0.25, -0.2) is 10.8 Å². The van der Waals surface area contributed by atoms with E-state index in [2.05, 4.69) is 20.5 Å². The molecule has 0 unspecified atom stereocenters. The van der Waals surface area contributed by atoms with Crippen molar-refractivity contribution in [2.45, 2.75) is 63.9 Å².